The van der Waals surface area contributed by atoms with Gasteiger partial charge in [-0.25, -0.2) is 23.7 Å². The summed E-state index contributed by atoms with van der Waals surface area (Å²) in [5, 5.41) is 10.6. The molecule has 1 amide bonds. The number of nitrogens with zero attached hydrogens (tertiary/aromatic N) is 1. The van der Waals surface area contributed by atoms with E-state index in [2.05, 4.69) is 9.40 Å². The van der Waals surface area contributed by atoms with Crippen molar-refractivity contribution in [3.8, 4) is 0 Å². The van der Waals surface area contributed by atoms with Crippen LogP contribution in [0.2, 0.25) is 0 Å². The van der Waals surface area contributed by atoms with Gasteiger partial charge in [-0.3, -0.25) is 0 Å². The third-order valence-corrected chi connectivity index (χ3v) is 1.66. The molecule has 9 heteroatoms. The van der Waals surface area contributed by atoms with E-state index in [4.69, 9.17) is 9.84 Å². The molecule has 0 aliphatic rings. The maximum absolute atomic E-state index is 12.5. The number of hydrogen-bond acceptors (Lipinski definition) is 5. The Hall–Kier alpha value is -2.19. The van der Waals surface area contributed by atoms with Gasteiger partial charge >= 0.3 is 18.1 Å². The van der Waals surface area contributed by atoms with Gasteiger partial charge in [0.25, 0.3) is 6.43 Å². The SMILES string of the molecule is CC(C)(C)OC(=O)Nc1nc(C(F)F)c(C(=O)O)o1. The zero-order valence-electron chi connectivity index (χ0n) is 10.4. The summed E-state index contributed by atoms with van der Waals surface area (Å²) in [6.45, 7) is 4.78. The second-order valence-corrected chi connectivity index (χ2v) is 4.47. The number of aromatic carboxylic acids is 1. The Balaban J connectivity index is 2.89. The maximum Gasteiger partial charge on any atom is 0.415 e. The molecule has 0 fully saturated rings. The van der Waals surface area contributed by atoms with Crippen LogP contribution >= 0.6 is 0 Å². The molecule has 1 heterocycles. The minimum atomic E-state index is -3.14. The summed E-state index contributed by atoms with van der Waals surface area (Å²) in [6, 6.07) is -0.665. The van der Waals surface area contributed by atoms with Crippen LogP contribution in [-0.2, 0) is 4.74 Å². The molecule has 0 aromatic carbocycles. The van der Waals surface area contributed by atoms with Crippen LogP contribution in [0.25, 0.3) is 0 Å². The number of hydrogen-bond donors (Lipinski definition) is 2. The molecule has 0 radical (unpaired) electrons. The summed E-state index contributed by atoms with van der Waals surface area (Å²) in [6.07, 6.45) is -4.13. The molecular weight excluding hydrogens is 266 g/mol. The molecule has 2 N–H and O–H groups in total. The quantitative estimate of drug-likeness (QED) is 0.881. The number of nitrogens with one attached hydrogen (secondary N) is 1. The molecule has 0 aliphatic carbocycles. The van der Waals surface area contributed by atoms with Crippen molar-refractivity contribution in [3.63, 3.8) is 0 Å². The summed E-state index contributed by atoms with van der Waals surface area (Å²) < 4.78 is 34.3. The van der Waals surface area contributed by atoms with E-state index < -0.39 is 41.6 Å². The summed E-state index contributed by atoms with van der Waals surface area (Å²) in [5.41, 5.74) is -1.86. The number of amides is 1. The van der Waals surface area contributed by atoms with Gasteiger partial charge in [0.2, 0.25) is 5.76 Å². The highest BCUT2D eigenvalue weighted by atomic mass is 19.3. The van der Waals surface area contributed by atoms with Crippen LogP contribution in [0.4, 0.5) is 19.6 Å². The van der Waals surface area contributed by atoms with Crippen molar-refractivity contribution in [2.24, 2.45) is 0 Å². The average Bonchev–Trinajstić information content (AvgIpc) is 2.58. The van der Waals surface area contributed by atoms with Crippen LogP contribution in [0.3, 0.4) is 0 Å². The number of carboxylic acid groups (broad SMARTS) is 1. The summed E-state index contributed by atoms with van der Waals surface area (Å²) >= 11 is 0. The summed E-state index contributed by atoms with van der Waals surface area (Å²) in [4.78, 5) is 25.2. The number of carbonyl (C=O) groups is 2. The number of carbonyl (C=O) groups excluding carboxylic acids is 1. The van der Waals surface area contributed by atoms with Crippen LogP contribution < -0.4 is 5.32 Å². The van der Waals surface area contributed by atoms with E-state index in [0.29, 0.717) is 0 Å². The lowest BCUT2D eigenvalue weighted by Crippen LogP contribution is -2.27. The Bertz CT molecular complexity index is 493. The predicted octanol–water partition coefficient (Wildman–Crippen LogP) is 2.66. The zero-order chi connectivity index (χ0) is 14.8. The fourth-order valence-electron chi connectivity index (χ4n) is 1.08. The average molecular weight is 278 g/mol. The van der Waals surface area contributed by atoms with Crippen molar-refractivity contribution >= 4 is 18.1 Å². The van der Waals surface area contributed by atoms with Crippen LogP contribution in [0.1, 0.15) is 43.4 Å². The third-order valence-electron chi connectivity index (χ3n) is 1.66. The van der Waals surface area contributed by atoms with Crippen molar-refractivity contribution in [2.75, 3.05) is 5.32 Å². The molecule has 1 aromatic rings. The molecule has 0 atom stereocenters. The molecule has 19 heavy (non-hydrogen) atoms. The predicted molar refractivity (Wildman–Crippen MR) is 58.3 cm³/mol. The number of anilines is 1. The van der Waals surface area contributed by atoms with Crippen LogP contribution in [0.5, 0.6) is 0 Å². The number of carboxylic acids is 1. The van der Waals surface area contributed by atoms with Crippen LogP contribution in [0.15, 0.2) is 4.42 Å². The van der Waals surface area contributed by atoms with Gasteiger partial charge in [0, 0.05) is 0 Å². The van der Waals surface area contributed by atoms with Gasteiger partial charge in [-0.05, 0) is 20.8 Å². The molecule has 7 nitrogen and oxygen atoms in total. The molecule has 0 spiro atoms. The normalized spacial score (nSPS) is 11.5. The minimum Gasteiger partial charge on any atom is -0.475 e. The van der Waals surface area contributed by atoms with Crippen molar-refractivity contribution in [1.29, 1.82) is 0 Å². The Labute approximate surface area is 106 Å². The summed E-state index contributed by atoms with van der Waals surface area (Å²) in [7, 11) is 0. The van der Waals surface area contributed by atoms with E-state index in [0.717, 1.165) is 0 Å². The van der Waals surface area contributed by atoms with E-state index in [1.165, 1.54) is 0 Å². The maximum atomic E-state index is 12.5. The Kier molecular flexibility index (Phi) is 4.07. The molecule has 0 unspecified atom stereocenters. The lowest BCUT2D eigenvalue weighted by atomic mass is 10.2. The second-order valence-electron chi connectivity index (χ2n) is 4.47. The Morgan fingerprint density at radius 2 is 2.00 bits per heavy atom. The highest BCUT2D eigenvalue weighted by Gasteiger charge is 2.27. The Morgan fingerprint density at radius 3 is 2.37 bits per heavy atom. The first kappa shape index (κ1) is 14.9. The summed E-state index contributed by atoms with van der Waals surface area (Å²) in [5.74, 6) is -2.74. The number of halogens is 2. The van der Waals surface area contributed by atoms with Crippen molar-refractivity contribution in [1.82, 2.24) is 4.98 Å². The third kappa shape index (κ3) is 4.19. The van der Waals surface area contributed by atoms with Gasteiger partial charge in [-0.1, -0.05) is 0 Å². The standard InChI is InChI=1S/C10H12F2N2O5/c1-10(2,3)19-9(17)14-8-13-4(6(11)12)5(18-8)7(15)16/h6H,1-3H3,(H,15,16)(H,13,14,17). The number of ether oxygens (including phenoxy) is 1. The molecule has 106 valence electrons. The van der Waals surface area contributed by atoms with Crippen LogP contribution in [0, 0.1) is 0 Å². The minimum absolute atomic E-state index is 0.665. The van der Waals surface area contributed by atoms with Crippen LogP contribution in [-0.4, -0.2) is 27.8 Å². The Morgan fingerprint density at radius 1 is 1.42 bits per heavy atom. The lowest BCUT2D eigenvalue weighted by molar-refractivity contribution is 0.0616. The van der Waals surface area contributed by atoms with Crippen molar-refractivity contribution < 1.29 is 32.6 Å². The second kappa shape index (κ2) is 5.21. The van der Waals surface area contributed by atoms with Gasteiger partial charge < -0.3 is 14.3 Å². The topological polar surface area (TPSA) is 102 Å². The zero-order valence-corrected chi connectivity index (χ0v) is 10.4. The largest absolute Gasteiger partial charge is 0.475 e. The van der Waals surface area contributed by atoms with Gasteiger partial charge in [-0.15, -0.1) is 0 Å². The van der Waals surface area contributed by atoms with E-state index in [9.17, 15) is 18.4 Å². The molecule has 0 saturated carbocycles. The number of rotatable bonds is 3. The van der Waals surface area contributed by atoms with Gasteiger partial charge in [0.05, 0.1) is 0 Å². The fraction of sp³-hybridized carbons (Fsp3) is 0.500. The lowest BCUT2D eigenvalue weighted by Gasteiger charge is -2.18. The smallest absolute Gasteiger partial charge is 0.415 e. The number of oxazole rings is 1. The van der Waals surface area contributed by atoms with E-state index in [1.54, 1.807) is 20.8 Å². The molecular formula is C10H12F2N2O5. The molecule has 0 bridgehead atoms. The number of aromatic nitrogens is 1. The monoisotopic (exact) mass is 278 g/mol. The van der Waals surface area contributed by atoms with Gasteiger partial charge in [-0.2, -0.15) is 4.98 Å². The molecule has 1 rings (SSSR count). The highest BCUT2D eigenvalue weighted by molar-refractivity contribution is 5.87. The fourth-order valence-corrected chi connectivity index (χ4v) is 1.08. The van der Waals surface area contributed by atoms with Gasteiger partial charge in [0.15, 0.2) is 5.69 Å². The van der Waals surface area contributed by atoms with Gasteiger partial charge in [0.1, 0.15) is 5.60 Å². The molecule has 0 saturated heterocycles. The van der Waals surface area contributed by atoms with E-state index >= 15 is 0 Å². The van der Waals surface area contributed by atoms with Crippen molar-refractivity contribution in [3.05, 3.63) is 11.5 Å². The molecule has 1 aromatic heterocycles. The highest BCUT2D eigenvalue weighted by Crippen LogP contribution is 2.25. The van der Waals surface area contributed by atoms with E-state index in [-0.39, 0.29) is 0 Å². The first-order valence-electron chi connectivity index (χ1n) is 5.12. The first-order valence-corrected chi connectivity index (χ1v) is 5.12. The molecule has 0 aliphatic heterocycles. The van der Waals surface area contributed by atoms with Crippen molar-refractivity contribution in [2.45, 2.75) is 32.8 Å². The number of alkyl halides is 2. The first-order chi connectivity index (χ1) is 8.60. The van der Waals surface area contributed by atoms with E-state index in [1.807, 2.05) is 5.32 Å².